The lowest BCUT2D eigenvalue weighted by atomic mass is 10.2. The Bertz CT molecular complexity index is 303. The van der Waals surface area contributed by atoms with E-state index >= 15 is 0 Å². The van der Waals surface area contributed by atoms with E-state index in [1.807, 2.05) is 11.9 Å². The van der Waals surface area contributed by atoms with Gasteiger partial charge in [-0.2, -0.15) is 9.59 Å². The molecule has 0 saturated heterocycles. The van der Waals surface area contributed by atoms with Crippen LogP contribution in [0.2, 0.25) is 0 Å². The standard InChI is InChI=1S/C17H39BN4.CO2/c1-5-6-16-22(18)17-10-15-21(4)13-8-7-12-20(3)14-9-11-19-2;2-1-3/h19H,5-17H2,1-4H3;. The molecule has 0 unspecified atom stereocenters. The molecule has 6 nitrogen and oxygen atoms in total. The normalized spacial score (nSPS) is 10.8. The van der Waals surface area contributed by atoms with E-state index in [0.717, 1.165) is 26.2 Å². The first-order chi connectivity index (χ1) is 12.0. The fraction of sp³-hybridized carbons (Fsp3) is 0.944. The number of nitrogens with zero attached hydrogens (tertiary/aromatic N) is 3. The van der Waals surface area contributed by atoms with Crippen LogP contribution < -0.4 is 5.32 Å². The van der Waals surface area contributed by atoms with Crippen LogP contribution in [0, 0.1) is 0 Å². The van der Waals surface area contributed by atoms with E-state index in [4.69, 9.17) is 17.6 Å². The van der Waals surface area contributed by atoms with Gasteiger partial charge < -0.3 is 19.9 Å². The Kier molecular flexibility index (Phi) is 22.6. The summed E-state index contributed by atoms with van der Waals surface area (Å²) in [6.45, 7) is 10.1. The molecule has 0 rings (SSSR count). The predicted molar refractivity (Wildman–Crippen MR) is 105 cm³/mol. The van der Waals surface area contributed by atoms with Crippen LogP contribution in [0.1, 0.15) is 45.4 Å². The maximum atomic E-state index is 8.12. The molecule has 0 aliphatic heterocycles. The van der Waals surface area contributed by atoms with E-state index in [-0.39, 0.29) is 6.15 Å². The molecule has 7 heteroatoms. The average Bonchev–Trinajstić information content (AvgIpc) is 2.58. The zero-order valence-corrected chi connectivity index (χ0v) is 16.9. The third-order valence-electron chi connectivity index (χ3n) is 4.08. The molecule has 0 atom stereocenters. The number of hydrogen-bond acceptors (Lipinski definition) is 6. The highest BCUT2D eigenvalue weighted by Gasteiger charge is 2.02. The molecule has 2 radical (unpaired) electrons. The minimum atomic E-state index is 0.250. The maximum absolute atomic E-state index is 8.12. The van der Waals surface area contributed by atoms with Crippen molar-refractivity contribution in [1.29, 1.82) is 0 Å². The molecule has 0 aliphatic rings. The van der Waals surface area contributed by atoms with Gasteiger partial charge in [0.25, 0.3) is 0 Å². The second kappa shape index (κ2) is 21.3. The van der Waals surface area contributed by atoms with Crippen molar-refractivity contribution in [1.82, 2.24) is 19.9 Å². The summed E-state index contributed by atoms with van der Waals surface area (Å²) in [7, 11) is 12.4. The number of rotatable bonds is 16. The minimum absolute atomic E-state index is 0.250. The van der Waals surface area contributed by atoms with Crippen LogP contribution in [-0.4, -0.2) is 95.7 Å². The second-order valence-corrected chi connectivity index (χ2v) is 6.60. The lowest BCUT2D eigenvalue weighted by Crippen LogP contribution is -2.28. The van der Waals surface area contributed by atoms with Gasteiger partial charge in [0.2, 0.25) is 0 Å². The van der Waals surface area contributed by atoms with Crippen molar-refractivity contribution < 1.29 is 9.59 Å². The Hall–Kier alpha value is -0.715. The summed E-state index contributed by atoms with van der Waals surface area (Å²) in [5.41, 5.74) is 0. The highest BCUT2D eigenvalue weighted by molar-refractivity contribution is 6.04. The Morgan fingerprint density at radius 2 is 1.24 bits per heavy atom. The van der Waals surface area contributed by atoms with E-state index < -0.39 is 0 Å². The second-order valence-electron chi connectivity index (χ2n) is 6.60. The van der Waals surface area contributed by atoms with Crippen molar-refractivity contribution in [3.8, 4) is 0 Å². The van der Waals surface area contributed by atoms with Gasteiger partial charge in [-0.15, -0.1) is 0 Å². The Morgan fingerprint density at radius 3 is 1.72 bits per heavy atom. The van der Waals surface area contributed by atoms with Gasteiger partial charge in [-0.25, -0.2) is 0 Å². The van der Waals surface area contributed by atoms with E-state index in [0.29, 0.717) is 0 Å². The van der Waals surface area contributed by atoms with Gasteiger partial charge in [0, 0.05) is 0 Å². The molecule has 0 aromatic heterocycles. The molecule has 0 bridgehead atoms. The summed E-state index contributed by atoms with van der Waals surface area (Å²) in [5.74, 6) is 0. The van der Waals surface area contributed by atoms with E-state index in [2.05, 4.69) is 36.1 Å². The summed E-state index contributed by atoms with van der Waals surface area (Å²) in [5, 5.41) is 3.20. The zero-order valence-electron chi connectivity index (χ0n) is 16.9. The Labute approximate surface area is 156 Å². The number of unbranched alkanes of at least 4 members (excludes halogenated alkanes) is 2. The van der Waals surface area contributed by atoms with Crippen LogP contribution in [0.25, 0.3) is 0 Å². The molecule has 0 amide bonds. The van der Waals surface area contributed by atoms with Crippen molar-refractivity contribution in [3.05, 3.63) is 0 Å². The summed E-state index contributed by atoms with van der Waals surface area (Å²) >= 11 is 0. The van der Waals surface area contributed by atoms with E-state index in [9.17, 15) is 0 Å². The third kappa shape index (κ3) is 23.3. The van der Waals surface area contributed by atoms with Gasteiger partial charge in [0.1, 0.15) is 0 Å². The third-order valence-corrected chi connectivity index (χ3v) is 4.08. The minimum Gasteiger partial charge on any atom is -0.353 e. The largest absolute Gasteiger partial charge is 0.373 e. The number of hydrogen-bond donors (Lipinski definition) is 1. The Morgan fingerprint density at radius 1 is 0.800 bits per heavy atom. The fourth-order valence-corrected chi connectivity index (χ4v) is 2.53. The van der Waals surface area contributed by atoms with E-state index in [1.165, 1.54) is 58.2 Å². The monoisotopic (exact) mass is 354 g/mol. The van der Waals surface area contributed by atoms with Gasteiger partial charge in [-0.3, -0.25) is 0 Å². The van der Waals surface area contributed by atoms with Gasteiger partial charge in [0.15, 0.2) is 7.98 Å². The molecule has 0 fully saturated rings. The predicted octanol–water partition coefficient (Wildman–Crippen LogP) is 1.23. The molecule has 0 aliphatic carbocycles. The highest BCUT2D eigenvalue weighted by atomic mass is 16.2. The summed E-state index contributed by atoms with van der Waals surface area (Å²) in [4.78, 5) is 23.1. The van der Waals surface area contributed by atoms with Gasteiger partial charge >= 0.3 is 6.15 Å². The first kappa shape index (κ1) is 26.5. The molecule has 25 heavy (non-hydrogen) atoms. The quantitative estimate of drug-likeness (QED) is 0.332. The molecule has 0 heterocycles. The van der Waals surface area contributed by atoms with Crippen molar-refractivity contribution in [2.75, 3.05) is 67.0 Å². The molecule has 0 aromatic rings. The van der Waals surface area contributed by atoms with Crippen LogP contribution in [0.4, 0.5) is 0 Å². The Balaban J connectivity index is 0. The topological polar surface area (TPSA) is 55.9 Å². The molecule has 0 saturated carbocycles. The van der Waals surface area contributed by atoms with Crippen LogP contribution in [0.3, 0.4) is 0 Å². The maximum Gasteiger partial charge on any atom is 0.373 e. The highest BCUT2D eigenvalue weighted by Crippen LogP contribution is 1.99. The van der Waals surface area contributed by atoms with Crippen LogP contribution in [0.5, 0.6) is 0 Å². The van der Waals surface area contributed by atoms with Crippen molar-refractivity contribution in [2.45, 2.75) is 45.4 Å². The summed E-state index contributed by atoms with van der Waals surface area (Å²) < 4.78 is 0. The van der Waals surface area contributed by atoms with Gasteiger partial charge in [0.05, 0.1) is 0 Å². The molecule has 146 valence electrons. The van der Waals surface area contributed by atoms with Crippen LogP contribution >= 0.6 is 0 Å². The van der Waals surface area contributed by atoms with Gasteiger partial charge in [-0.05, 0) is 99.1 Å². The van der Waals surface area contributed by atoms with Crippen molar-refractivity contribution >= 4 is 14.1 Å². The first-order valence-electron chi connectivity index (χ1n) is 9.52. The van der Waals surface area contributed by atoms with Crippen molar-refractivity contribution in [2.24, 2.45) is 0 Å². The van der Waals surface area contributed by atoms with Crippen molar-refractivity contribution in [3.63, 3.8) is 0 Å². The lowest BCUT2D eigenvalue weighted by Gasteiger charge is -2.21. The van der Waals surface area contributed by atoms with Crippen LogP contribution in [-0.2, 0) is 9.59 Å². The fourth-order valence-electron chi connectivity index (χ4n) is 2.53. The first-order valence-corrected chi connectivity index (χ1v) is 9.52. The summed E-state index contributed by atoms with van der Waals surface area (Å²) in [6, 6.07) is 0. The van der Waals surface area contributed by atoms with Gasteiger partial charge in [-0.1, -0.05) is 13.3 Å². The van der Waals surface area contributed by atoms with E-state index in [1.54, 1.807) is 0 Å². The molecule has 0 aromatic carbocycles. The lowest BCUT2D eigenvalue weighted by molar-refractivity contribution is -0.191. The van der Waals surface area contributed by atoms with Crippen LogP contribution in [0.15, 0.2) is 0 Å². The number of carbonyl (C=O) groups excluding carboxylic acids is 2. The number of nitrogens with one attached hydrogen (secondary N) is 1. The molecular weight excluding hydrogens is 315 g/mol. The smallest absolute Gasteiger partial charge is 0.353 e. The SMILES string of the molecule is O=C=O.[B]N(CCCC)CCCN(C)CCCCN(C)CCCNC. The molecule has 0 spiro atoms. The summed E-state index contributed by atoms with van der Waals surface area (Å²) in [6.07, 6.45) is 7.65. The molecular formula is C18H39BN4O2. The average molecular weight is 354 g/mol. The molecule has 1 N–H and O–H groups in total. The zero-order chi connectivity index (χ0) is 19.3.